The molecule has 3 nitrogen and oxygen atoms in total. The highest BCUT2D eigenvalue weighted by Gasteiger charge is 2.33. The summed E-state index contributed by atoms with van der Waals surface area (Å²) in [5, 5.41) is 8.87. The molecule has 1 fully saturated rings. The van der Waals surface area contributed by atoms with Crippen molar-refractivity contribution in [2.45, 2.75) is 20.3 Å². The number of aryl methyl sites for hydroxylation is 1. The number of nitriles is 1. The summed E-state index contributed by atoms with van der Waals surface area (Å²) >= 11 is 0. The third-order valence-electron chi connectivity index (χ3n) is 2.83. The van der Waals surface area contributed by atoms with Crippen LogP contribution in [0.1, 0.15) is 24.6 Å². The lowest BCUT2D eigenvalue weighted by Crippen LogP contribution is -2.04. The summed E-state index contributed by atoms with van der Waals surface area (Å²) in [6.45, 7) is 4.79. The fourth-order valence-corrected chi connectivity index (χ4v) is 1.55. The van der Waals surface area contributed by atoms with Crippen molar-refractivity contribution < 1.29 is 4.74 Å². The topological polar surface area (TPSA) is 45.9 Å². The fourth-order valence-electron chi connectivity index (χ4n) is 1.55. The van der Waals surface area contributed by atoms with E-state index in [0.717, 1.165) is 11.6 Å². The second-order valence-corrected chi connectivity index (χ2v) is 4.20. The van der Waals surface area contributed by atoms with E-state index in [2.05, 4.69) is 18.0 Å². The van der Waals surface area contributed by atoms with Gasteiger partial charge in [-0.15, -0.1) is 0 Å². The molecular formula is C12H14N2O. The lowest BCUT2D eigenvalue weighted by atomic mass is 10.2. The van der Waals surface area contributed by atoms with Gasteiger partial charge in [0.2, 0.25) is 5.88 Å². The van der Waals surface area contributed by atoms with Crippen LogP contribution in [-0.2, 0) is 0 Å². The molecule has 1 heterocycles. The van der Waals surface area contributed by atoms with E-state index in [1.54, 1.807) is 6.07 Å². The van der Waals surface area contributed by atoms with E-state index in [-0.39, 0.29) is 0 Å². The van der Waals surface area contributed by atoms with Crippen LogP contribution in [0.5, 0.6) is 5.88 Å². The van der Waals surface area contributed by atoms with Gasteiger partial charge in [-0.05, 0) is 37.3 Å². The molecule has 1 aromatic rings. The Bertz CT molecular complexity index is 409. The number of pyridine rings is 1. The van der Waals surface area contributed by atoms with E-state index in [9.17, 15) is 0 Å². The van der Waals surface area contributed by atoms with Crippen molar-refractivity contribution in [3.8, 4) is 11.9 Å². The standard InChI is InChI=1S/C12H14N2O/c1-8-5-11(8)7-15-12-10(6-13)4-3-9(2)14-12/h3-4,8,11H,5,7H2,1-2H3. The highest BCUT2D eigenvalue weighted by molar-refractivity contribution is 5.38. The first-order valence-corrected chi connectivity index (χ1v) is 5.21. The molecule has 1 saturated carbocycles. The molecule has 15 heavy (non-hydrogen) atoms. The number of aromatic nitrogens is 1. The zero-order valence-electron chi connectivity index (χ0n) is 9.03. The zero-order chi connectivity index (χ0) is 10.8. The van der Waals surface area contributed by atoms with Crippen molar-refractivity contribution in [2.24, 2.45) is 11.8 Å². The summed E-state index contributed by atoms with van der Waals surface area (Å²) in [7, 11) is 0. The Labute approximate surface area is 89.7 Å². The van der Waals surface area contributed by atoms with Gasteiger partial charge in [-0.3, -0.25) is 0 Å². The molecule has 0 aliphatic heterocycles. The third kappa shape index (κ3) is 2.27. The van der Waals surface area contributed by atoms with E-state index < -0.39 is 0 Å². The van der Waals surface area contributed by atoms with Gasteiger partial charge in [0.15, 0.2) is 0 Å². The van der Waals surface area contributed by atoms with Crippen LogP contribution in [0.4, 0.5) is 0 Å². The lowest BCUT2D eigenvalue weighted by molar-refractivity contribution is 0.281. The quantitative estimate of drug-likeness (QED) is 0.755. The zero-order valence-corrected chi connectivity index (χ0v) is 9.03. The average molecular weight is 202 g/mol. The minimum Gasteiger partial charge on any atom is -0.476 e. The maximum Gasteiger partial charge on any atom is 0.231 e. The minimum atomic E-state index is 0.483. The number of ether oxygens (including phenoxy) is 1. The van der Waals surface area contributed by atoms with Crippen molar-refractivity contribution in [3.05, 3.63) is 23.4 Å². The summed E-state index contributed by atoms with van der Waals surface area (Å²) in [5.41, 5.74) is 1.40. The molecule has 2 atom stereocenters. The Hall–Kier alpha value is -1.56. The molecule has 0 saturated heterocycles. The van der Waals surface area contributed by atoms with Crippen LogP contribution in [0, 0.1) is 30.1 Å². The van der Waals surface area contributed by atoms with Crippen molar-refractivity contribution in [1.29, 1.82) is 5.26 Å². The van der Waals surface area contributed by atoms with Crippen LogP contribution < -0.4 is 4.74 Å². The van der Waals surface area contributed by atoms with Crippen molar-refractivity contribution >= 4 is 0 Å². The second-order valence-electron chi connectivity index (χ2n) is 4.20. The smallest absolute Gasteiger partial charge is 0.231 e. The molecule has 0 aromatic carbocycles. The lowest BCUT2D eigenvalue weighted by Gasteiger charge is -2.06. The molecule has 0 N–H and O–H groups in total. The van der Waals surface area contributed by atoms with E-state index in [1.807, 2.05) is 13.0 Å². The molecule has 0 spiro atoms. The van der Waals surface area contributed by atoms with E-state index in [4.69, 9.17) is 10.00 Å². The van der Waals surface area contributed by atoms with Gasteiger partial charge in [-0.25, -0.2) is 4.98 Å². The molecule has 0 amide bonds. The second kappa shape index (κ2) is 3.90. The van der Waals surface area contributed by atoms with Crippen LogP contribution in [0.3, 0.4) is 0 Å². The van der Waals surface area contributed by atoms with Gasteiger partial charge < -0.3 is 4.74 Å². The first kappa shape index (κ1) is 9.97. The largest absolute Gasteiger partial charge is 0.476 e. The van der Waals surface area contributed by atoms with Crippen LogP contribution in [0.2, 0.25) is 0 Å². The number of hydrogen-bond acceptors (Lipinski definition) is 3. The van der Waals surface area contributed by atoms with E-state index in [1.165, 1.54) is 6.42 Å². The number of nitrogens with zero attached hydrogens (tertiary/aromatic N) is 2. The Balaban J connectivity index is 2.06. The van der Waals surface area contributed by atoms with Crippen molar-refractivity contribution in [3.63, 3.8) is 0 Å². The number of hydrogen-bond donors (Lipinski definition) is 0. The summed E-state index contributed by atoms with van der Waals surface area (Å²) in [4.78, 5) is 4.22. The molecule has 0 bridgehead atoms. The first-order chi connectivity index (χ1) is 7.20. The SMILES string of the molecule is Cc1ccc(C#N)c(OCC2CC2C)n1. The van der Waals surface area contributed by atoms with Crippen LogP contribution >= 0.6 is 0 Å². The Morgan fingerprint density at radius 3 is 2.93 bits per heavy atom. The van der Waals surface area contributed by atoms with Gasteiger partial charge in [0.05, 0.1) is 6.61 Å². The van der Waals surface area contributed by atoms with Crippen LogP contribution in [0.15, 0.2) is 12.1 Å². The molecule has 3 heteroatoms. The summed E-state index contributed by atoms with van der Waals surface area (Å²) in [6, 6.07) is 5.67. The van der Waals surface area contributed by atoms with Gasteiger partial charge in [-0.1, -0.05) is 6.92 Å². The molecule has 2 unspecified atom stereocenters. The Morgan fingerprint density at radius 2 is 2.33 bits per heavy atom. The Kier molecular flexibility index (Phi) is 2.59. The van der Waals surface area contributed by atoms with E-state index in [0.29, 0.717) is 24.0 Å². The van der Waals surface area contributed by atoms with Crippen molar-refractivity contribution in [1.82, 2.24) is 4.98 Å². The summed E-state index contributed by atoms with van der Waals surface area (Å²) in [6.07, 6.45) is 1.23. The van der Waals surface area contributed by atoms with Gasteiger partial charge in [0.1, 0.15) is 11.6 Å². The number of rotatable bonds is 3. The molecule has 1 aliphatic carbocycles. The third-order valence-corrected chi connectivity index (χ3v) is 2.83. The van der Waals surface area contributed by atoms with Gasteiger partial charge in [0.25, 0.3) is 0 Å². The minimum absolute atomic E-state index is 0.483. The summed E-state index contributed by atoms with van der Waals surface area (Å²) < 4.78 is 5.57. The average Bonchev–Trinajstić information content (AvgIpc) is 2.92. The normalized spacial score (nSPS) is 23.3. The summed E-state index contributed by atoms with van der Waals surface area (Å²) in [5.74, 6) is 1.90. The molecule has 1 aliphatic rings. The van der Waals surface area contributed by atoms with Gasteiger partial charge in [0, 0.05) is 5.69 Å². The van der Waals surface area contributed by atoms with E-state index >= 15 is 0 Å². The molecule has 0 radical (unpaired) electrons. The maximum atomic E-state index is 8.87. The molecule has 2 rings (SSSR count). The molecule has 1 aromatic heterocycles. The van der Waals surface area contributed by atoms with Crippen LogP contribution in [-0.4, -0.2) is 11.6 Å². The first-order valence-electron chi connectivity index (χ1n) is 5.21. The predicted octanol–water partition coefficient (Wildman–Crippen LogP) is 2.30. The van der Waals surface area contributed by atoms with Crippen LogP contribution in [0.25, 0.3) is 0 Å². The van der Waals surface area contributed by atoms with Gasteiger partial charge in [-0.2, -0.15) is 5.26 Å². The molecule has 78 valence electrons. The Morgan fingerprint density at radius 1 is 1.60 bits per heavy atom. The van der Waals surface area contributed by atoms with Crippen molar-refractivity contribution in [2.75, 3.05) is 6.61 Å². The fraction of sp³-hybridized carbons (Fsp3) is 0.500. The highest BCUT2D eigenvalue weighted by Crippen LogP contribution is 2.37. The monoisotopic (exact) mass is 202 g/mol. The molecular weight excluding hydrogens is 188 g/mol. The predicted molar refractivity (Wildman–Crippen MR) is 56.5 cm³/mol. The van der Waals surface area contributed by atoms with Gasteiger partial charge >= 0.3 is 0 Å². The highest BCUT2D eigenvalue weighted by atomic mass is 16.5. The maximum absolute atomic E-state index is 8.87.